The highest BCUT2D eigenvalue weighted by Gasteiger charge is 2.15. The van der Waals surface area contributed by atoms with Crippen molar-refractivity contribution < 1.29 is 23.8 Å². The van der Waals surface area contributed by atoms with Crippen LogP contribution in [0.5, 0.6) is 17.2 Å². The van der Waals surface area contributed by atoms with Crippen LogP contribution in [0.2, 0.25) is 0 Å². The molecule has 0 bridgehead atoms. The van der Waals surface area contributed by atoms with E-state index < -0.39 is 5.91 Å². The van der Waals surface area contributed by atoms with Crippen LogP contribution in [0.1, 0.15) is 58.7 Å². The van der Waals surface area contributed by atoms with Gasteiger partial charge in [-0.25, -0.2) is 0 Å². The SMILES string of the molecule is COc1cc(C(C)NC(=O)c2cccc(COc3ccccc3C(N)=O)c2)ccc1OCC(C)C. The van der Waals surface area contributed by atoms with Gasteiger partial charge in [0.05, 0.1) is 25.3 Å². The molecule has 3 aromatic carbocycles. The lowest BCUT2D eigenvalue weighted by molar-refractivity contribution is 0.0938. The fourth-order valence-electron chi connectivity index (χ4n) is 3.45. The Morgan fingerprint density at radius 2 is 1.66 bits per heavy atom. The molecule has 2 amide bonds. The monoisotopic (exact) mass is 476 g/mol. The maximum Gasteiger partial charge on any atom is 0.252 e. The number of para-hydroxylation sites is 1. The van der Waals surface area contributed by atoms with Gasteiger partial charge in [0.1, 0.15) is 12.4 Å². The van der Waals surface area contributed by atoms with Crippen molar-refractivity contribution >= 4 is 11.8 Å². The molecule has 3 rings (SSSR count). The molecule has 0 saturated heterocycles. The second-order valence-corrected chi connectivity index (χ2v) is 8.66. The molecule has 1 unspecified atom stereocenters. The van der Waals surface area contributed by atoms with E-state index in [-0.39, 0.29) is 18.6 Å². The number of nitrogens with one attached hydrogen (secondary N) is 1. The second kappa shape index (κ2) is 11.9. The molecule has 0 aliphatic heterocycles. The van der Waals surface area contributed by atoms with Crippen LogP contribution >= 0.6 is 0 Å². The molecule has 0 fully saturated rings. The number of carbonyl (C=O) groups excluding carboxylic acids is 2. The number of hydrogen-bond donors (Lipinski definition) is 2. The van der Waals surface area contributed by atoms with E-state index in [2.05, 4.69) is 19.2 Å². The first-order valence-corrected chi connectivity index (χ1v) is 11.5. The van der Waals surface area contributed by atoms with Gasteiger partial charge in [-0.1, -0.05) is 44.2 Å². The average molecular weight is 477 g/mol. The van der Waals surface area contributed by atoms with E-state index in [1.807, 2.05) is 31.2 Å². The summed E-state index contributed by atoms with van der Waals surface area (Å²) in [5.41, 5.74) is 7.91. The smallest absolute Gasteiger partial charge is 0.252 e. The standard InChI is InChI=1S/C28H32N2O5/c1-18(2)16-34-25-13-12-21(15-26(25)33-4)19(3)30-28(32)22-9-7-8-20(14-22)17-35-24-11-6-5-10-23(24)27(29)31/h5-15,18-19H,16-17H2,1-4H3,(H2,29,31)(H,30,32). The number of methoxy groups -OCH3 is 1. The van der Waals surface area contributed by atoms with Crippen LogP contribution in [0.15, 0.2) is 66.7 Å². The van der Waals surface area contributed by atoms with E-state index in [1.54, 1.807) is 49.6 Å². The number of carbonyl (C=O) groups is 2. The quantitative estimate of drug-likeness (QED) is 0.410. The number of rotatable bonds is 11. The van der Waals surface area contributed by atoms with E-state index in [4.69, 9.17) is 19.9 Å². The molecule has 35 heavy (non-hydrogen) atoms. The highest BCUT2D eigenvalue weighted by molar-refractivity contribution is 5.95. The first-order chi connectivity index (χ1) is 16.8. The molecule has 0 radical (unpaired) electrons. The maximum absolute atomic E-state index is 12.9. The molecule has 0 saturated carbocycles. The molecule has 0 aliphatic carbocycles. The summed E-state index contributed by atoms with van der Waals surface area (Å²) in [4.78, 5) is 24.5. The van der Waals surface area contributed by atoms with Crippen molar-refractivity contribution in [2.24, 2.45) is 11.7 Å². The summed E-state index contributed by atoms with van der Waals surface area (Å²) < 4.78 is 17.1. The topological polar surface area (TPSA) is 99.9 Å². The summed E-state index contributed by atoms with van der Waals surface area (Å²) in [6, 6.07) is 19.4. The molecular weight excluding hydrogens is 444 g/mol. The Kier molecular flexibility index (Phi) is 8.73. The molecule has 1 atom stereocenters. The minimum absolute atomic E-state index is 0.190. The number of nitrogens with two attached hydrogens (primary N) is 1. The van der Waals surface area contributed by atoms with Crippen molar-refractivity contribution in [2.75, 3.05) is 13.7 Å². The Morgan fingerprint density at radius 3 is 2.37 bits per heavy atom. The molecule has 0 spiro atoms. The van der Waals surface area contributed by atoms with E-state index in [1.165, 1.54) is 0 Å². The van der Waals surface area contributed by atoms with E-state index >= 15 is 0 Å². The summed E-state index contributed by atoms with van der Waals surface area (Å²) in [5.74, 6) is 1.33. The molecular formula is C28H32N2O5. The molecule has 0 aromatic heterocycles. The molecule has 184 valence electrons. The molecule has 7 heteroatoms. The predicted molar refractivity (Wildman–Crippen MR) is 135 cm³/mol. The Morgan fingerprint density at radius 1 is 0.886 bits per heavy atom. The van der Waals surface area contributed by atoms with Gasteiger partial charge in [-0.05, 0) is 60.4 Å². The molecule has 0 aliphatic rings. The summed E-state index contributed by atoms with van der Waals surface area (Å²) in [6.07, 6.45) is 0. The van der Waals surface area contributed by atoms with Crippen LogP contribution in [0.4, 0.5) is 0 Å². The highest BCUT2D eigenvalue weighted by Crippen LogP contribution is 2.31. The van der Waals surface area contributed by atoms with Crippen LogP contribution in [-0.4, -0.2) is 25.5 Å². The van der Waals surface area contributed by atoms with Crippen molar-refractivity contribution in [3.8, 4) is 17.2 Å². The minimum Gasteiger partial charge on any atom is -0.493 e. The van der Waals surface area contributed by atoms with Gasteiger partial charge in [0.15, 0.2) is 11.5 Å². The van der Waals surface area contributed by atoms with Gasteiger partial charge in [0, 0.05) is 5.56 Å². The van der Waals surface area contributed by atoms with Crippen molar-refractivity contribution in [3.05, 3.63) is 89.0 Å². The van der Waals surface area contributed by atoms with E-state index in [0.29, 0.717) is 40.9 Å². The van der Waals surface area contributed by atoms with Crippen LogP contribution in [0.3, 0.4) is 0 Å². The van der Waals surface area contributed by atoms with Gasteiger partial charge < -0.3 is 25.3 Å². The largest absolute Gasteiger partial charge is 0.493 e. The van der Waals surface area contributed by atoms with Gasteiger partial charge in [-0.15, -0.1) is 0 Å². The van der Waals surface area contributed by atoms with Crippen LogP contribution in [-0.2, 0) is 6.61 Å². The Labute approximate surface area is 206 Å². The van der Waals surface area contributed by atoms with Gasteiger partial charge in [0.25, 0.3) is 11.8 Å². The maximum atomic E-state index is 12.9. The van der Waals surface area contributed by atoms with Crippen LogP contribution in [0, 0.1) is 5.92 Å². The third kappa shape index (κ3) is 6.99. The van der Waals surface area contributed by atoms with Gasteiger partial charge in [-0.2, -0.15) is 0 Å². The van der Waals surface area contributed by atoms with Crippen molar-refractivity contribution in [3.63, 3.8) is 0 Å². The Bertz CT molecular complexity index is 1180. The van der Waals surface area contributed by atoms with Crippen LogP contribution in [0.25, 0.3) is 0 Å². The lowest BCUT2D eigenvalue weighted by atomic mass is 10.1. The van der Waals surface area contributed by atoms with Gasteiger partial charge >= 0.3 is 0 Å². The molecule has 7 nitrogen and oxygen atoms in total. The third-order valence-corrected chi connectivity index (χ3v) is 5.34. The fourth-order valence-corrected chi connectivity index (χ4v) is 3.45. The average Bonchev–Trinajstić information content (AvgIpc) is 2.86. The number of primary amides is 1. The zero-order valence-electron chi connectivity index (χ0n) is 20.5. The number of hydrogen-bond acceptors (Lipinski definition) is 5. The lowest BCUT2D eigenvalue weighted by Gasteiger charge is -2.18. The lowest BCUT2D eigenvalue weighted by Crippen LogP contribution is -2.26. The summed E-state index contributed by atoms with van der Waals surface area (Å²) in [5, 5.41) is 3.02. The van der Waals surface area contributed by atoms with Crippen molar-refractivity contribution in [2.45, 2.75) is 33.4 Å². The normalized spacial score (nSPS) is 11.6. The molecule has 0 heterocycles. The Hall–Kier alpha value is -4.00. The Balaban J connectivity index is 1.66. The summed E-state index contributed by atoms with van der Waals surface area (Å²) >= 11 is 0. The second-order valence-electron chi connectivity index (χ2n) is 8.66. The fraction of sp³-hybridized carbons (Fsp3) is 0.286. The van der Waals surface area contributed by atoms with Crippen molar-refractivity contribution in [1.82, 2.24) is 5.32 Å². The third-order valence-electron chi connectivity index (χ3n) is 5.34. The molecule has 3 aromatic rings. The zero-order chi connectivity index (χ0) is 25.4. The number of ether oxygens (including phenoxy) is 3. The first kappa shape index (κ1) is 25.6. The predicted octanol–water partition coefficient (Wildman–Crippen LogP) is 4.90. The van der Waals surface area contributed by atoms with Gasteiger partial charge in [-0.3, -0.25) is 9.59 Å². The number of benzene rings is 3. The van der Waals surface area contributed by atoms with Crippen molar-refractivity contribution in [1.29, 1.82) is 0 Å². The summed E-state index contributed by atoms with van der Waals surface area (Å²) in [7, 11) is 1.60. The van der Waals surface area contributed by atoms with Crippen LogP contribution < -0.4 is 25.3 Å². The number of amides is 2. The zero-order valence-corrected chi connectivity index (χ0v) is 20.5. The highest BCUT2D eigenvalue weighted by atomic mass is 16.5. The minimum atomic E-state index is -0.557. The van der Waals surface area contributed by atoms with E-state index in [0.717, 1.165) is 11.1 Å². The van der Waals surface area contributed by atoms with E-state index in [9.17, 15) is 9.59 Å². The molecule has 3 N–H and O–H groups in total. The summed E-state index contributed by atoms with van der Waals surface area (Å²) in [6.45, 7) is 6.86. The first-order valence-electron chi connectivity index (χ1n) is 11.5. The van der Waals surface area contributed by atoms with Gasteiger partial charge in [0.2, 0.25) is 0 Å².